The fourth-order valence-corrected chi connectivity index (χ4v) is 5.05. The maximum atomic E-state index is 13.7. The molecule has 1 atom stereocenters. The number of nitro benzene ring substituents is 1. The van der Waals surface area contributed by atoms with Crippen LogP contribution in [0.4, 0.5) is 18.9 Å². The Labute approximate surface area is 160 Å². The number of rotatable bonds is 8. The third kappa shape index (κ3) is 4.79. The summed E-state index contributed by atoms with van der Waals surface area (Å²) in [7, 11) is -4.08. The first-order valence-corrected chi connectivity index (χ1v) is 10.0. The van der Waals surface area contributed by atoms with Crippen molar-refractivity contribution in [2.45, 2.75) is 25.7 Å². The minimum absolute atomic E-state index is 0.0467. The normalized spacial score (nSPS) is 13.3. The third-order valence-corrected chi connectivity index (χ3v) is 6.34. The summed E-state index contributed by atoms with van der Waals surface area (Å²) in [5, 5.41) is 11.0. The van der Waals surface area contributed by atoms with Gasteiger partial charge in [-0.25, -0.2) is 0 Å². The molecule has 0 spiro atoms. The molecule has 2 rings (SSSR count). The quantitative estimate of drug-likeness (QED) is 0.300. The highest BCUT2D eigenvalue weighted by atomic mass is 31.2. The summed E-state index contributed by atoms with van der Waals surface area (Å²) in [6.07, 6.45) is -4.91. The largest absolute Gasteiger partial charge is 0.416 e. The monoisotopic (exact) mass is 417 g/mol. The van der Waals surface area contributed by atoms with Crippen LogP contribution >= 0.6 is 7.60 Å². The van der Waals surface area contributed by atoms with Crippen LogP contribution in [0.3, 0.4) is 0 Å². The lowest BCUT2D eigenvalue weighted by Gasteiger charge is -2.29. The third-order valence-electron chi connectivity index (χ3n) is 3.90. The van der Waals surface area contributed by atoms with Gasteiger partial charge in [0.25, 0.3) is 5.69 Å². The SMILES string of the molecule is CCOP(=O)(OCC)C(c1ccccc1)c1ccc([N+](=O)[O-])cc1C(F)(F)F. The van der Waals surface area contributed by atoms with Gasteiger partial charge in [0.15, 0.2) is 0 Å². The van der Waals surface area contributed by atoms with Gasteiger partial charge in [0.2, 0.25) is 0 Å². The lowest BCUT2D eigenvalue weighted by molar-refractivity contribution is -0.385. The molecule has 10 heteroatoms. The summed E-state index contributed by atoms with van der Waals surface area (Å²) in [5.41, 5.74) is -3.49. The van der Waals surface area contributed by atoms with Crippen molar-refractivity contribution in [1.29, 1.82) is 0 Å². The Balaban J connectivity index is 2.81. The number of nitro groups is 1. The predicted octanol–water partition coefficient (Wildman–Crippen LogP) is 5.97. The molecule has 0 N–H and O–H groups in total. The summed E-state index contributed by atoms with van der Waals surface area (Å²) in [4.78, 5) is 10.1. The van der Waals surface area contributed by atoms with Crippen molar-refractivity contribution in [2.24, 2.45) is 0 Å². The fourth-order valence-electron chi connectivity index (χ4n) is 2.86. The van der Waals surface area contributed by atoms with E-state index in [1.165, 1.54) is 12.1 Å². The zero-order valence-electron chi connectivity index (χ0n) is 15.2. The Morgan fingerprint density at radius 1 is 1.07 bits per heavy atom. The van der Waals surface area contributed by atoms with Crippen LogP contribution in [0.2, 0.25) is 0 Å². The molecule has 0 aromatic heterocycles. The van der Waals surface area contributed by atoms with Crippen molar-refractivity contribution in [3.05, 3.63) is 75.3 Å². The van der Waals surface area contributed by atoms with Crippen LogP contribution in [-0.4, -0.2) is 18.1 Å². The predicted molar refractivity (Wildman–Crippen MR) is 97.2 cm³/mol. The average molecular weight is 417 g/mol. The second-order valence-corrected chi connectivity index (χ2v) is 7.83. The van der Waals surface area contributed by atoms with Gasteiger partial charge in [0, 0.05) is 12.1 Å². The fraction of sp³-hybridized carbons (Fsp3) is 0.333. The van der Waals surface area contributed by atoms with Crippen molar-refractivity contribution in [3.63, 3.8) is 0 Å². The average Bonchev–Trinajstić information content (AvgIpc) is 2.62. The molecule has 0 aliphatic rings. The lowest BCUT2D eigenvalue weighted by Crippen LogP contribution is -2.16. The molecule has 152 valence electrons. The van der Waals surface area contributed by atoms with Gasteiger partial charge in [-0.1, -0.05) is 36.4 Å². The van der Waals surface area contributed by atoms with Crippen molar-refractivity contribution >= 4 is 13.3 Å². The van der Waals surface area contributed by atoms with Gasteiger partial charge < -0.3 is 9.05 Å². The highest BCUT2D eigenvalue weighted by Gasteiger charge is 2.44. The number of alkyl halides is 3. The number of halogens is 3. The van der Waals surface area contributed by atoms with E-state index in [0.717, 1.165) is 12.1 Å². The molecule has 0 saturated carbocycles. The molecule has 2 aromatic carbocycles. The van der Waals surface area contributed by atoms with Crippen molar-refractivity contribution in [1.82, 2.24) is 0 Å². The summed E-state index contributed by atoms with van der Waals surface area (Å²) < 4.78 is 65.3. The summed E-state index contributed by atoms with van der Waals surface area (Å²) >= 11 is 0. The van der Waals surface area contributed by atoms with E-state index < -0.39 is 41.2 Å². The maximum Gasteiger partial charge on any atom is 0.416 e. The van der Waals surface area contributed by atoms with Crippen molar-refractivity contribution in [3.8, 4) is 0 Å². The number of hydrogen-bond acceptors (Lipinski definition) is 5. The number of benzene rings is 2. The first-order valence-electron chi connectivity index (χ1n) is 8.43. The molecule has 0 fully saturated rings. The zero-order valence-corrected chi connectivity index (χ0v) is 16.1. The van der Waals surface area contributed by atoms with Crippen LogP contribution in [0.1, 0.15) is 36.2 Å². The molecule has 0 bridgehead atoms. The van der Waals surface area contributed by atoms with E-state index in [1.54, 1.807) is 32.0 Å². The summed E-state index contributed by atoms with van der Waals surface area (Å²) in [6, 6.07) is 10.2. The van der Waals surface area contributed by atoms with Gasteiger partial charge in [0.05, 0.1) is 23.7 Å². The molecule has 0 aliphatic carbocycles. The van der Waals surface area contributed by atoms with Crippen LogP contribution in [0.25, 0.3) is 0 Å². The molecule has 0 aliphatic heterocycles. The molecule has 0 saturated heterocycles. The Morgan fingerprint density at radius 3 is 2.11 bits per heavy atom. The van der Waals surface area contributed by atoms with Gasteiger partial charge in [-0.2, -0.15) is 13.2 Å². The topological polar surface area (TPSA) is 78.7 Å². The Kier molecular flexibility index (Phi) is 6.98. The molecular formula is C18H19F3NO5P. The van der Waals surface area contributed by atoms with Gasteiger partial charge >= 0.3 is 13.8 Å². The zero-order chi connectivity index (χ0) is 20.9. The number of nitrogens with zero attached hydrogens (tertiary/aromatic N) is 1. The number of hydrogen-bond donors (Lipinski definition) is 0. The van der Waals surface area contributed by atoms with E-state index in [9.17, 15) is 27.9 Å². The van der Waals surface area contributed by atoms with Crippen LogP contribution in [-0.2, 0) is 19.8 Å². The minimum atomic E-state index is -4.91. The van der Waals surface area contributed by atoms with Crippen LogP contribution in [0.5, 0.6) is 0 Å². The smallest absolute Gasteiger partial charge is 0.308 e. The van der Waals surface area contributed by atoms with Gasteiger partial charge in [-0.15, -0.1) is 0 Å². The van der Waals surface area contributed by atoms with Gasteiger partial charge in [-0.05, 0) is 25.0 Å². The Morgan fingerprint density at radius 2 is 1.64 bits per heavy atom. The highest BCUT2D eigenvalue weighted by molar-refractivity contribution is 7.54. The lowest BCUT2D eigenvalue weighted by atomic mass is 9.98. The number of non-ortho nitro benzene ring substituents is 1. The van der Waals surface area contributed by atoms with E-state index in [2.05, 4.69) is 0 Å². The van der Waals surface area contributed by atoms with E-state index >= 15 is 0 Å². The van der Waals surface area contributed by atoms with Crippen molar-refractivity contribution < 1.29 is 31.7 Å². The molecule has 0 amide bonds. The van der Waals surface area contributed by atoms with E-state index in [0.29, 0.717) is 6.07 Å². The molecule has 6 nitrogen and oxygen atoms in total. The van der Waals surface area contributed by atoms with E-state index in [-0.39, 0.29) is 18.8 Å². The molecule has 1 unspecified atom stereocenters. The molecule has 0 heterocycles. The molecule has 28 heavy (non-hydrogen) atoms. The Hall–Kier alpha value is -2.22. The molecule has 2 aromatic rings. The van der Waals surface area contributed by atoms with Crippen LogP contribution in [0.15, 0.2) is 48.5 Å². The standard InChI is InChI=1S/C18H19F3NO5P/c1-3-26-28(25,27-4-2)17(13-8-6-5-7-9-13)15-11-10-14(22(23)24)12-16(15)18(19,20)21/h5-12,17H,3-4H2,1-2H3. The second-order valence-electron chi connectivity index (χ2n) is 5.72. The van der Waals surface area contributed by atoms with Gasteiger partial charge in [-0.3, -0.25) is 14.7 Å². The summed E-state index contributed by atoms with van der Waals surface area (Å²) in [6.45, 7) is 3.01. The maximum absolute atomic E-state index is 13.7. The van der Waals surface area contributed by atoms with Gasteiger partial charge in [0.1, 0.15) is 5.66 Å². The van der Waals surface area contributed by atoms with Crippen LogP contribution < -0.4 is 0 Å². The molecule has 0 radical (unpaired) electrons. The van der Waals surface area contributed by atoms with Crippen molar-refractivity contribution in [2.75, 3.05) is 13.2 Å². The van der Waals surface area contributed by atoms with E-state index in [1.807, 2.05) is 0 Å². The van der Waals surface area contributed by atoms with Crippen LogP contribution in [0, 0.1) is 10.1 Å². The highest BCUT2D eigenvalue weighted by Crippen LogP contribution is 2.64. The summed E-state index contributed by atoms with van der Waals surface area (Å²) in [5.74, 6) is 0. The first kappa shape index (κ1) is 22.1. The van der Waals surface area contributed by atoms with E-state index in [4.69, 9.17) is 9.05 Å². The minimum Gasteiger partial charge on any atom is -0.308 e. The first-order chi connectivity index (χ1) is 13.1. The second kappa shape index (κ2) is 8.86. The molecular weight excluding hydrogens is 398 g/mol. The Bertz CT molecular complexity index is 863.